The summed E-state index contributed by atoms with van der Waals surface area (Å²) in [6, 6.07) is -0.254. The Kier molecular flexibility index (Phi) is 4.34. The molecular formula is C17H19ClF3N5O. The molecule has 0 saturated heterocycles. The minimum atomic E-state index is -4.48. The van der Waals surface area contributed by atoms with Crippen LogP contribution in [0.4, 0.5) is 24.8 Å². The highest BCUT2D eigenvalue weighted by Gasteiger charge is 2.41. The Morgan fingerprint density at radius 2 is 2.04 bits per heavy atom. The molecular weight excluding hydrogens is 383 g/mol. The van der Waals surface area contributed by atoms with E-state index in [0.717, 1.165) is 19.0 Å². The lowest BCUT2D eigenvalue weighted by atomic mass is 10.0. The minimum Gasteiger partial charge on any atom is -0.388 e. The SMILES string of the molecule is C[C@@]1(O)CCC[C@H]1n1ncc(Nc2ncc(C(F)(F)F)c(C3CC3)n2)c1Cl. The molecule has 2 atom stereocenters. The van der Waals surface area contributed by atoms with Crippen molar-refractivity contribution in [3.63, 3.8) is 0 Å². The molecule has 2 aliphatic carbocycles. The van der Waals surface area contributed by atoms with Gasteiger partial charge in [0.25, 0.3) is 0 Å². The van der Waals surface area contributed by atoms with Crippen molar-refractivity contribution in [1.82, 2.24) is 19.7 Å². The zero-order chi connectivity index (χ0) is 19.4. The van der Waals surface area contributed by atoms with Crippen molar-refractivity contribution >= 4 is 23.2 Å². The molecule has 0 radical (unpaired) electrons. The fraction of sp³-hybridized carbons (Fsp3) is 0.588. The van der Waals surface area contributed by atoms with Crippen LogP contribution in [-0.4, -0.2) is 30.5 Å². The second kappa shape index (κ2) is 6.34. The standard InChI is InChI=1S/C17H19ClF3N5O/c1-16(27)6-2-3-12(16)26-14(18)11(8-23-26)24-15-22-7-10(17(19,20)21)13(25-15)9-4-5-9/h7-9,12,27H,2-6H2,1H3,(H,22,24,25)/t12-,16-/m1/s1. The average Bonchev–Trinajstić information content (AvgIpc) is 3.29. The Morgan fingerprint density at radius 1 is 1.30 bits per heavy atom. The molecule has 2 aromatic heterocycles. The summed E-state index contributed by atoms with van der Waals surface area (Å²) in [5.74, 6) is -0.138. The average molecular weight is 402 g/mol. The largest absolute Gasteiger partial charge is 0.419 e. The van der Waals surface area contributed by atoms with Gasteiger partial charge in [-0.05, 0) is 39.0 Å². The number of anilines is 2. The summed E-state index contributed by atoms with van der Waals surface area (Å²) in [5.41, 5.74) is -1.29. The quantitative estimate of drug-likeness (QED) is 0.792. The molecule has 2 aromatic rings. The maximum atomic E-state index is 13.1. The fourth-order valence-corrected chi connectivity index (χ4v) is 3.88. The molecule has 146 valence electrons. The fourth-order valence-electron chi connectivity index (χ4n) is 3.63. The maximum Gasteiger partial charge on any atom is 0.419 e. The molecule has 0 spiro atoms. The van der Waals surface area contributed by atoms with Crippen LogP contribution < -0.4 is 5.32 Å². The number of rotatable bonds is 4. The second-order valence-corrected chi connectivity index (χ2v) is 7.81. The summed E-state index contributed by atoms with van der Waals surface area (Å²) in [7, 11) is 0. The number of hydrogen-bond donors (Lipinski definition) is 2. The van der Waals surface area contributed by atoms with Gasteiger partial charge in [-0.3, -0.25) is 0 Å². The van der Waals surface area contributed by atoms with E-state index >= 15 is 0 Å². The summed E-state index contributed by atoms with van der Waals surface area (Å²) in [4.78, 5) is 7.89. The number of nitrogens with one attached hydrogen (secondary N) is 1. The van der Waals surface area contributed by atoms with E-state index in [4.69, 9.17) is 11.6 Å². The van der Waals surface area contributed by atoms with Crippen LogP contribution in [0.1, 0.15) is 62.2 Å². The first kappa shape index (κ1) is 18.5. The van der Waals surface area contributed by atoms with Crippen molar-refractivity contribution < 1.29 is 18.3 Å². The number of alkyl halides is 3. The van der Waals surface area contributed by atoms with Gasteiger partial charge in [0.1, 0.15) is 0 Å². The summed E-state index contributed by atoms with van der Waals surface area (Å²) in [6.45, 7) is 1.75. The molecule has 0 aromatic carbocycles. The van der Waals surface area contributed by atoms with E-state index in [1.807, 2.05) is 0 Å². The Hall–Kier alpha value is -1.87. The van der Waals surface area contributed by atoms with Crippen molar-refractivity contribution in [3.05, 3.63) is 28.8 Å². The predicted molar refractivity (Wildman–Crippen MR) is 93.0 cm³/mol. The van der Waals surface area contributed by atoms with Gasteiger partial charge in [-0.25, -0.2) is 14.6 Å². The van der Waals surface area contributed by atoms with Crippen LogP contribution in [0.3, 0.4) is 0 Å². The number of nitrogens with zero attached hydrogens (tertiary/aromatic N) is 4. The van der Waals surface area contributed by atoms with Gasteiger partial charge in [0.2, 0.25) is 5.95 Å². The minimum absolute atomic E-state index is 0.0160. The molecule has 0 aliphatic heterocycles. The van der Waals surface area contributed by atoms with E-state index in [1.54, 1.807) is 11.6 Å². The van der Waals surface area contributed by atoms with E-state index in [1.165, 1.54) is 6.20 Å². The predicted octanol–water partition coefficient (Wildman–Crippen LogP) is 4.44. The summed E-state index contributed by atoms with van der Waals surface area (Å²) < 4.78 is 41.0. The smallest absolute Gasteiger partial charge is 0.388 e. The third-order valence-corrected chi connectivity index (χ3v) is 5.62. The molecule has 2 saturated carbocycles. The third kappa shape index (κ3) is 3.50. The first-order chi connectivity index (χ1) is 12.7. The van der Waals surface area contributed by atoms with Gasteiger partial charge < -0.3 is 10.4 Å². The van der Waals surface area contributed by atoms with Crippen LogP contribution in [0.15, 0.2) is 12.4 Å². The number of aromatic nitrogens is 4. The van der Waals surface area contributed by atoms with Gasteiger partial charge in [0, 0.05) is 12.1 Å². The van der Waals surface area contributed by atoms with E-state index < -0.39 is 17.3 Å². The van der Waals surface area contributed by atoms with E-state index in [-0.39, 0.29) is 28.8 Å². The van der Waals surface area contributed by atoms with Gasteiger partial charge in [-0.1, -0.05) is 11.6 Å². The lowest BCUT2D eigenvalue weighted by Gasteiger charge is -2.26. The number of halogens is 4. The normalized spacial score (nSPS) is 25.8. The summed E-state index contributed by atoms with van der Waals surface area (Å²) in [5, 5.41) is 17.8. The van der Waals surface area contributed by atoms with Crippen molar-refractivity contribution in [2.75, 3.05) is 5.32 Å². The molecule has 4 rings (SSSR count). The van der Waals surface area contributed by atoms with Crippen LogP contribution >= 0.6 is 11.6 Å². The maximum absolute atomic E-state index is 13.1. The highest BCUT2D eigenvalue weighted by atomic mass is 35.5. The van der Waals surface area contributed by atoms with Gasteiger partial charge in [0.15, 0.2) is 5.15 Å². The van der Waals surface area contributed by atoms with Gasteiger partial charge in [-0.15, -0.1) is 0 Å². The Morgan fingerprint density at radius 3 is 2.63 bits per heavy atom. The van der Waals surface area contributed by atoms with Crippen molar-refractivity contribution in [3.8, 4) is 0 Å². The van der Waals surface area contributed by atoms with E-state index in [0.29, 0.717) is 24.9 Å². The van der Waals surface area contributed by atoms with Gasteiger partial charge in [-0.2, -0.15) is 18.3 Å². The molecule has 0 amide bonds. The zero-order valence-electron chi connectivity index (χ0n) is 14.6. The Bertz CT molecular complexity index is 863. The molecule has 0 unspecified atom stereocenters. The zero-order valence-corrected chi connectivity index (χ0v) is 15.3. The number of hydrogen-bond acceptors (Lipinski definition) is 5. The van der Waals surface area contributed by atoms with Crippen molar-refractivity contribution in [2.24, 2.45) is 0 Å². The Balaban J connectivity index is 1.61. The van der Waals surface area contributed by atoms with Gasteiger partial charge >= 0.3 is 6.18 Å². The first-order valence-electron chi connectivity index (χ1n) is 8.83. The molecule has 2 N–H and O–H groups in total. The van der Waals surface area contributed by atoms with Crippen molar-refractivity contribution in [2.45, 2.75) is 62.8 Å². The Labute approximate surface area is 158 Å². The molecule has 2 fully saturated rings. The lowest BCUT2D eigenvalue weighted by Crippen LogP contribution is -2.31. The topological polar surface area (TPSA) is 75.9 Å². The monoisotopic (exact) mass is 401 g/mol. The molecule has 6 nitrogen and oxygen atoms in total. The summed E-state index contributed by atoms with van der Waals surface area (Å²) >= 11 is 6.39. The van der Waals surface area contributed by atoms with E-state index in [9.17, 15) is 18.3 Å². The van der Waals surface area contributed by atoms with Gasteiger partial charge in [0.05, 0.1) is 34.8 Å². The molecule has 2 heterocycles. The molecule has 2 aliphatic rings. The van der Waals surface area contributed by atoms with Crippen molar-refractivity contribution in [1.29, 1.82) is 0 Å². The van der Waals surface area contributed by atoms with Crippen LogP contribution in [0.5, 0.6) is 0 Å². The molecule has 0 bridgehead atoms. The highest BCUT2D eigenvalue weighted by Crippen LogP contribution is 2.45. The van der Waals surface area contributed by atoms with Crippen LogP contribution in [0.25, 0.3) is 0 Å². The van der Waals surface area contributed by atoms with Crippen LogP contribution in [0, 0.1) is 0 Å². The molecule has 10 heteroatoms. The third-order valence-electron chi connectivity index (χ3n) is 5.24. The lowest BCUT2D eigenvalue weighted by molar-refractivity contribution is -0.138. The van der Waals surface area contributed by atoms with Crippen LogP contribution in [-0.2, 0) is 6.18 Å². The van der Waals surface area contributed by atoms with E-state index in [2.05, 4.69) is 20.4 Å². The highest BCUT2D eigenvalue weighted by molar-refractivity contribution is 6.32. The first-order valence-corrected chi connectivity index (χ1v) is 9.21. The number of aliphatic hydroxyl groups is 1. The van der Waals surface area contributed by atoms with Crippen LogP contribution in [0.2, 0.25) is 5.15 Å². The second-order valence-electron chi connectivity index (χ2n) is 7.45. The summed E-state index contributed by atoms with van der Waals surface area (Å²) in [6.07, 6.45) is 1.44. The molecule has 27 heavy (non-hydrogen) atoms.